The van der Waals surface area contributed by atoms with Crippen molar-refractivity contribution in [3.05, 3.63) is 34.1 Å². The maximum Gasteiger partial charge on any atom is 0.129 e. The van der Waals surface area contributed by atoms with Crippen LogP contribution in [0.2, 0.25) is 0 Å². The molecule has 1 saturated heterocycles. The molecule has 0 aromatic heterocycles. The Bertz CT molecular complexity index is 380. The molecular weight excluding hydrogens is 285 g/mol. The van der Waals surface area contributed by atoms with Gasteiger partial charge in [-0.2, -0.15) is 0 Å². The Labute approximate surface area is 110 Å². The van der Waals surface area contributed by atoms with Crippen molar-refractivity contribution in [2.24, 2.45) is 5.92 Å². The standard InChI is InChI=1S/C13H17BrFNO/c1-16-13(9-3-2-6-17-8-9)11-5-4-10(14)7-12(11)15/h4-5,7,9,13,16H,2-3,6,8H2,1H3. The van der Waals surface area contributed by atoms with Gasteiger partial charge >= 0.3 is 0 Å². The highest BCUT2D eigenvalue weighted by molar-refractivity contribution is 9.10. The van der Waals surface area contributed by atoms with Gasteiger partial charge in [-0.3, -0.25) is 0 Å². The first-order chi connectivity index (χ1) is 8.22. The first-order valence-electron chi connectivity index (χ1n) is 5.92. The Hall–Kier alpha value is -0.450. The molecule has 1 aliphatic rings. The largest absolute Gasteiger partial charge is 0.381 e. The second kappa shape index (κ2) is 5.94. The number of hydrogen-bond acceptors (Lipinski definition) is 2. The average Bonchev–Trinajstić information content (AvgIpc) is 2.34. The first-order valence-corrected chi connectivity index (χ1v) is 6.71. The maximum atomic E-state index is 13.9. The van der Waals surface area contributed by atoms with Gasteiger partial charge in [-0.1, -0.05) is 22.0 Å². The zero-order valence-corrected chi connectivity index (χ0v) is 11.5. The van der Waals surface area contributed by atoms with Gasteiger partial charge in [-0.25, -0.2) is 4.39 Å². The maximum absolute atomic E-state index is 13.9. The normalized spacial score (nSPS) is 22.4. The van der Waals surface area contributed by atoms with Crippen LogP contribution in [0.25, 0.3) is 0 Å². The molecule has 0 aliphatic carbocycles. The summed E-state index contributed by atoms with van der Waals surface area (Å²) in [4.78, 5) is 0. The molecule has 2 unspecified atom stereocenters. The molecule has 1 fully saturated rings. The molecule has 2 nitrogen and oxygen atoms in total. The van der Waals surface area contributed by atoms with Crippen LogP contribution in [0.3, 0.4) is 0 Å². The van der Waals surface area contributed by atoms with E-state index < -0.39 is 0 Å². The first kappa shape index (κ1) is 13.0. The van der Waals surface area contributed by atoms with Crippen LogP contribution >= 0.6 is 15.9 Å². The van der Waals surface area contributed by atoms with Crippen LogP contribution in [-0.4, -0.2) is 20.3 Å². The fourth-order valence-electron chi connectivity index (χ4n) is 2.43. The van der Waals surface area contributed by atoms with Crippen LogP contribution < -0.4 is 5.32 Å². The van der Waals surface area contributed by atoms with Crippen LogP contribution in [0.4, 0.5) is 4.39 Å². The number of benzene rings is 1. The zero-order chi connectivity index (χ0) is 12.3. The topological polar surface area (TPSA) is 21.3 Å². The zero-order valence-electron chi connectivity index (χ0n) is 9.88. The van der Waals surface area contributed by atoms with Gasteiger partial charge in [0.2, 0.25) is 0 Å². The summed E-state index contributed by atoms with van der Waals surface area (Å²) in [5.41, 5.74) is 0.728. The molecule has 1 aliphatic heterocycles. The molecule has 2 rings (SSSR count). The minimum atomic E-state index is -0.163. The van der Waals surface area contributed by atoms with Crippen molar-refractivity contribution in [3.63, 3.8) is 0 Å². The highest BCUT2D eigenvalue weighted by Gasteiger charge is 2.26. The molecular formula is C13H17BrFNO. The molecule has 1 N–H and O–H groups in total. The van der Waals surface area contributed by atoms with Crippen molar-refractivity contribution in [2.45, 2.75) is 18.9 Å². The smallest absolute Gasteiger partial charge is 0.129 e. The number of halogens is 2. The molecule has 1 aromatic carbocycles. The van der Waals surface area contributed by atoms with Crippen molar-refractivity contribution in [3.8, 4) is 0 Å². The predicted molar refractivity (Wildman–Crippen MR) is 69.4 cm³/mol. The Morgan fingerprint density at radius 1 is 1.53 bits per heavy atom. The van der Waals surface area contributed by atoms with Crippen molar-refractivity contribution in [1.82, 2.24) is 5.32 Å². The molecule has 94 valence electrons. The van der Waals surface area contributed by atoms with E-state index in [1.54, 1.807) is 0 Å². The van der Waals surface area contributed by atoms with E-state index in [0.717, 1.165) is 29.5 Å². The lowest BCUT2D eigenvalue weighted by Crippen LogP contribution is -2.32. The summed E-state index contributed by atoms with van der Waals surface area (Å²) in [5.74, 6) is 0.189. The highest BCUT2D eigenvalue weighted by atomic mass is 79.9. The van der Waals surface area contributed by atoms with Gasteiger partial charge in [0.15, 0.2) is 0 Å². The monoisotopic (exact) mass is 301 g/mol. The van der Waals surface area contributed by atoms with E-state index in [-0.39, 0.29) is 11.9 Å². The fraction of sp³-hybridized carbons (Fsp3) is 0.538. The Morgan fingerprint density at radius 3 is 2.94 bits per heavy atom. The van der Waals surface area contributed by atoms with Gasteiger partial charge in [0.25, 0.3) is 0 Å². The van der Waals surface area contributed by atoms with Gasteiger partial charge < -0.3 is 10.1 Å². The highest BCUT2D eigenvalue weighted by Crippen LogP contribution is 2.31. The van der Waals surface area contributed by atoms with Crippen LogP contribution in [0.5, 0.6) is 0 Å². The third-order valence-electron chi connectivity index (χ3n) is 3.28. The predicted octanol–water partition coefficient (Wildman–Crippen LogP) is 3.28. The van der Waals surface area contributed by atoms with Gasteiger partial charge in [0, 0.05) is 28.6 Å². The van der Waals surface area contributed by atoms with E-state index in [0.29, 0.717) is 12.5 Å². The lowest BCUT2D eigenvalue weighted by molar-refractivity contribution is 0.0397. The molecule has 0 radical (unpaired) electrons. The quantitative estimate of drug-likeness (QED) is 0.925. The van der Waals surface area contributed by atoms with Crippen molar-refractivity contribution in [1.29, 1.82) is 0 Å². The fourth-order valence-corrected chi connectivity index (χ4v) is 2.76. The minimum absolute atomic E-state index is 0.0309. The van der Waals surface area contributed by atoms with Crippen LogP contribution in [0.15, 0.2) is 22.7 Å². The number of rotatable bonds is 3. The molecule has 17 heavy (non-hydrogen) atoms. The van der Waals surface area contributed by atoms with E-state index in [1.165, 1.54) is 6.07 Å². The van der Waals surface area contributed by atoms with E-state index in [1.807, 2.05) is 19.2 Å². The number of hydrogen-bond donors (Lipinski definition) is 1. The molecule has 1 aromatic rings. The number of ether oxygens (including phenoxy) is 1. The summed E-state index contributed by atoms with van der Waals surface area (Å²) >= 11 is 3.28. The minimum Gasteiger partial charge on any atom is -0.381 e. The van der Waals surface area contributed by atoms with Crippen LogP contribution in [-0.2, 0) is 4.74 Å². The van der Waals surface area contributed by atoms with E-state index in [9.17, 15) is 4.39 Å². The second-order valence-electron chi connectivity index (χ2n) is 4.41. The Morgan fingerprint density at radius 2 is 2.35 bits per heavy atom. The summed E-state index contributed by atoms with van der Waals surface area (Å²) in [6.45, 7) is 1.54. The van der Waals surface area contributed by atoms with Gasteiger partial charge in [0.1, 0.15) is 5.82 Å². The molecule has 4 heteroatoms. The summed E-state index contributed by atoms with van der Waals surface area (Å²) in [7, 11) is 1.88. The van der Waals surface area contributed by atoms with Crippen molar-refractivity contribution < 1.29 is 9.13 Å². The average molecular weight is 302 g/mol. The SMILES string of the molecule is CNC(c1ccc(Br)cc1F)C1CCCOC1. The van der Waals surface area contributed by atoms with Gasteiger partial charge in [0.05, 0.1) is 6.61 Å². The lowest BCUT2D eigenvalue weighted by atomic mass is 9.88. The molecule has 1 heterocycles. The van der Waals surface area contributed by atoms with Crippen molar-refractivity contribution >= 4 is 15.9 Å². The molecule has 0 spiro atoms. The molecule has 0 amide bonds. The number of nitrogens with one attached hydrogen (secondary N) is 1. The van der Waals surface area contributed by atoms with Crippen LogP contribution in [0.1, 0.15) is 24.4 Å². The van der Waals surface area contributed by atoms with Gasteiger partial charge in [-0.15, -0.1) is 0 Å². The third-order valence-corrected chi connectivity index (χ3v) is 3.77. The van der Waals surface area contributed by atoms with Crippen LogP contribution in [0, 0.1) is 11.7 Å². The van der Waals surface area contributed by atoms with E-state index in [2.05, 4.69) is 21.2 Å². The Balaban J connectivity index is 2.21. The van der Waals surface area contributed by atoms with E-state index in [4.69, 9.17) is 4.74 Å². The lowest BCUT2D eigenvalue weighted by Gasteiger charge is -2.30. The summed E-state index contributed by atoms with van der Waals surface area (Å²) < 4.78 is 20.2. The van der Waals surface area contributed by atoms with Crippen molar-refractivity contribution in [2.75, 3.05) is 20.3 Å². The molecule has 0 saturated carbocycles. The third kappa shape index (κ3) is 3.06. The second-order valence-corrected chi connectivity index (χ2v) is 5.33. The summed E-state index contributed by atoms with van der Waals surface area (Å²) in [5, 5.41) is 3.21. The summed E-state index contributed by atoms with van der Waals surface area (Å²) in [6.07, 6.45) is 2.14. The summed E-state index contributed by atoms with van der Waals surface area (Å²) in [6, 6.07) is 5.27. The Kier molecular flexibility index (Phi) is 4.54. The van der Waals surface area contributed by atoms with Gasteiger partial charge in [-0.05, 0) is 32.0 Å². The molecule has 0 bridgehead atoms. The molecule has 2 atom stereocenters. The van der Waals surface area contributed by atoms with E-state index >= 15 is 0 Å².